The van der Waals surface area contributed by atoms with E-state index in [0.717, 1.165) is 22.6 Å². The van der Waals surface area contributed by atoms with Crippen LogP contribution in [0.1, 0.15) is 0 Å². The molecule has 0 radical (unpaired) electrons. The Morgan fingerprint density at radius 1 is 0.250 bits per heavy atom. The van der Waals surface area contributed by atoms with Crippen LogP contribution >= 0.6 is 11.3 Å². The van der Waals surface area contributed by atoms with E-state index in [-0.39, 0.29) is 0 Å². The van der Waals surface area contributed by atoms with E-state index < -0.39 is 0 Å². The van der Waals surface area contributed by atoms with E-state index in [1.807, 2.05) is 11.3 Å². The number of hydrogen-bond acceptors (Lipinski definition) is 2. The van der Waals surface area contributed by atoms with Gasteiger partial charge < -0.3 is 4.90 Å². The number of thiophene rings is 1. The first kappa shape index (κ1) is 39.8. The molecule has 13 aromatic rings. The van der Waals surface area contributed by atoms with Gasteiger partial charge in [-0.3, -0.25) is 0 Å². The Kier molecular flexibility index (Phi) is 9.77. The molecule has 2 heteroatoms. The molecule has 0 aliphatic carbocycles. The summed E-state index contributed by atoms with van der Waals surface area (Å²) in [5.41, 5.74) is 15.5. The highest BCUT2D eigenvalue weighted by Gasteiger charge is 2.21. The van der Waals surface area contributed by atoms with E-state index in [2.05, 4.69) is 266 Å². The zero-order valence-corrected chi connectivity index (χ0v) is 38.0. The molecule has 0 N–H and O–H groups in total. The van der Waals surface area contributed by atoms with Crippen LogP contribution in [-0.4, -0.2) is 0 Å². The van der Waals surface area contributed by atoms with Crippen LogP contribution in [0.3, 0.4) is 0 Å². The van der Waals surface area contributed by atoms with Gasteiger partial charge in [-0.15, -0.1) is 11.3 Å². The normalized spacial score (nSPS) is 11.5. The predicted molar refractivity (Wildman–Crippen MR) is 294 cm³/mol. The lowest BCUT2D eigenvalue weighted by molar-refractivity contribution is 1.30. The maximum atomic E-state index is 2.45. The van der Waals surface area contributed by atoms with Crippen molar-refractivity contribution < 1.29 is 0 Å². The van der Waals surface area contributed by atoms with E-state index in [0.29, 0.717) is 0 Å². The van der Waals surface area contributed by atoms with Crippen LogP contribution in [0.4, 0.5) is 17.1 Å². The third-order valence-electron chi connectivity index (χ3n) is 13.7. The maximum Gasteiger partial charge on any atom is 0.0540 e. The van der Waals surface area contributed by atoms with Crippen LogP contribution in [0, 0.1) is 0 Å². The fourth-order valence-corrected chi connectivity index (χ4v) is 11.8. The molecule has 13 rings (SSSR count). The van der Waals surface area contributed by atoms with E-state index in [9.17, 15) is 0 Å². The molecule has 1 aromatic heterocycles. The van der Waals surface area contributed by atoms with Crippen LogP contribution in [0.15, 0.2) is 261 Å². The molecule has 12 aromatic carbocycles. The first-order valence-corrected chi connectivity index (χ1v) is 24.1. The van der Waals surface area contributed by atoms with Crippen molar-refractivity contribution in [3.63, 3.8) is 0 Å². The first-order valence-electron chi connectivity index (χ1n) is 23.3. The summed E-state index contributed by atoms with van der Waals surface area (Å²) in [6.45, 7) is 0. The standard InChI is InChI=1S/C66H43NS/c1-4-18-44(19-5-1)52-40-41-62(57-28-12-10-26-54(52)57)67(50-37-34-45(35-38-50)53-31-17-32-60-58-29-14-15-33-63(58)68-66(53)60)51-25-16-24-48(42-51)49-36-39-56-55-27-11-13-30-59(55)64(46-20-6-2-7-21-46)65(61(56)43-49)47-22-8-3-9-23-47/h1-43H. The van der Waals surface area contributed by atoms with Crippen molar-refractivity contribution in [2.24, 2.45) is 0 Å². The van der Waals surface area contributed by atoms with Gasteiger partial charge in [-0.2, -0.15) is 0 Å². The molecule has 0 saturated carbocycles. The summed E-state index contributed by atoms with van der Waals surface area (Å²) in [5, 5.41) is 10.0. The fraction of sp³-hybridized carbons (Fsp3) is 0. The molecule has 0 unspecified atom stereocenters. The lowest BCUT2D eigenvalue weighted by atomic mass is 9.84. The maximum absolute atomic E-state index is 2.45. The number of anilines is 3. The van der Waals surface area contributed by atoms with Gasteiger partial charge in [0.25, 0.3) is 0 Å². The Morgan fingerprint density at radius 3 is 1.50 bits per heavy atom. The highest BCUT2D eigenvalue weighted by atomic mass is 32.1. The molecule has 1 nitrogen and oxygen atoms in total. The molecule has 0 aliphatic rings. The second kappa shape index (κ2) is 16.7. The van der Waals surface area contributed by atoms with Crippen LogP contribution in [0.2, 0.25) is 0 Å². The quantitative estimate of drug-likeness (QED) is 0.137. The number of hydrogen-bond donors (Lipinski definition) is 0. The Balaban J connectivity index is 1.00. The minimum atomic E-state index is 1.09. The van der Waals surface area contributed by atoms with Crippen LogP contribution in [-0.2, 0) is 0 Å². The smallest absolute Gasteiger partial charge is 0.0540 e. The summed E-state index contributed by atoms with van der Waals surface area (Å²) < 4.78 is 2.64. The van der Waals surface area contributed by atoms with Gasteiger partial charge in [0.15, 0.2) is 0 Å². The van der Waals surface area contributed by atoms with Crippen molar-refractivity contribution in [3.05, 3.63) is 261 Å². The number of benzene rings is 12. The molecule has 0 spiro atoms. The number of rotatable bonds is 8. The van der Waals surface area contributed by atoms with Crippen molar-refractivity contribution in [1.82, 2.24) is 0 Å². The fourth-order valence-electron chi connectivity index (χ4n) is 10.5. The van der Waals surface area contributed by atoms with Gasteiger partial charge in [-0.05, 0) is 125 Å². The largest absolute Gasteiger partial charge is 0.310 e. The van der Waals surface area contributed by atoms with Crippen molar-refractivity contribution in [1.29, 1.82) is 0 Å². The minimum Gasteiger partial charge on any atom is -0.310 e. The molecular weight excluding hydrogens is 839 g/mol. The summed E-state index contributed by atoms with van der Waals surface area (Å²) in [4.78, 5) is 2.45. The Hall–Kier alpha value is -8.56. The van der Waals surface area contributed by atoms with E-state index in [1.54, 1.807) is 0 Å². The highest BCUT2D eigenvalue weighted by Crippen LogP contribution is 2.48. The van der Waals surface area contributed by atoms with Crippen molar-refractivity contribution >= 4 is 80.9 Å². The minimum absolute atomic E-state index is 1.09. The van der Waals surface area contributed by atoms with Gasteiger partial charge >= 0.3 is 0 Å². The first-order chi connectivity index (χ1) is 33.7. The average molecular weight is 882 g/mol. The molecule has 68 heavy (non-hydrogen) atoms. The number of nitrogens with zero attached hydrogens (tertiary/aromatic N) is 1. The SMILES string of the molecule is c1ccc(-c2ccc(N(c3ccc(-c4cccc5c4sc4ccccc45)cc3)c3cccc(-c4ccc5c(c4)c(-c4ccccc4)c(-c4ccccc4)c4ccccc45)c3)c3ccccc23)cc1. The van der Waals surface area contributed by atoms with Crippen molar-refractivity contribution in [2.45, 2.75) is 0 Å². The Labute approximate surface area is 400 Å². The molecular formula is C66H43NS. The third-order valence-corrected chi connectivity index (χ3v) is 14.9. The van der Waals surface area contributed by atoms with E-state index in [4.69, 9.17) is 0 Å². The third kappa shape index (κ3) is 6.77. The van der Waals surface area contributed by atoms with Crippen LogP contribution in [0.5, 0.6) is 0 Å². The van der Waals surface area contributed by atoms with Gasteiger partial charge in [0, 0.05) is 36.9 Å². The molecule has 1 heterocycles. The summed E-state index contributed by atoms with van der Waals surface area (Å²) in [7, 11) is 0. The predicted octanol–water partition coefficient (Wildman–Crippen LogP) is 19.3. The zero-order valence-electron chi connectivity index (χ0n) is 37.2. The molecule has 0 fully saturated rings. The number of fused-ring (bicyclic) bond motifs is 7. The van der Waals surface area contributed by atoms with Gasteiger partial charge in [0.05, 0.1) is 5.69 Å². The van der Waals surface area contributed by atoms with Gasteiger partial charge in [-0.1, -0.05) is 218 Å². The topological polar surface area (TPSA) is 3.24 Å². The molecule has 0 atom stereocenters. The molecule has 0 aliphatic heterocycles. The summed E-state index contributed by atoms with van der Waals surface area (Å²) in [6, 6.07) is 95.7. The lowest BCUT2D eigenvalue weighted by Crippen LogP contribution is -2.10. The summed E-state index contributed by atoms with van der Waals surface area (Å²) in [6.07, 6.45) is 0. The molecule has 0 bridgehead atoms. The van der Waals surface area contributed by atoms with E-state index in [1.165, 1.54) is 103 Å². The molecule has 0 amide bonds. The second-order valence-corrected chi connectivity index (χ2v) is 18.6. The average Bonchev–Trinajstić information content (AvgIpc) is 3.81. The monoisotopic (exact) mass is 881 g/mol. The molecule has 318 valence electrons. The Bertz CT molecular complexity index is 4000. The molecule has 0 saturated heterocycles. The van der Waals surface area contributed by atoms with E-state index >= 15 is 0 Å². The van der Waals surface area contributed by atoms with Gasteiger partial charge in [0.2, 0.25) is 0 Å². The zero-order chi connectivity index (χ0) is 45.0. The van der Waals surface area contributed by atoms with Crippen molar-refractivity contribution in [3.8, 4) is 55.6 Å². The van der Waals surface area contributed by atoms with Crippen LogP contribution < -0.4 is 4.90 Å². The summed E-state index contributed by atoms with van der Waals surface area (Å²) >= 11 is 1.88. The van der Waals surface area contributed by atoms with Crippen LogP contribution in [0.25, 0.3) is 108 Å². The van der Waals surface area contributed by atoms with Crippen molar-refractivity contribution in [2.75, 3.05) is 4.90 Å². The highest BCUT2D eigenvalue weighted by molar-refractivity contribution is 7.26. The summed E-state index contributed by atoms with van der Waals surface area (Å²) in [5.74, 6) is 0. The lowest BCUT2D eigenvalue weighted by Gasteiger charge is -2.28. The Morgan fingerprint density at radius 2 is 0.765 bits per heavy atom. The second-order valence-electron chi connectivity index (χ2n) is 17.5. The van der Waals surface area contributed by atoms with Gasteiger partial charge in [0.1, 0.15) is 0 Å². The van der Waals surface area contributed by atoms with Gasteiger partial charge in [-0.25, -0.2) is 0 Å².